The molecule has 1 aromatic carbocycles. The van der Waals surface area contributed by atoms with E-state index in [0.29, 0.717) is 25.3 Å². The van der Waals surface area contributed by atoms with Gasteiger partial charge < -0.3 is 14.3 Å². The Bertz CT molecular complexity index is 764. The van der Waals surface area contributed by atoms with E-state index >= 15 is 0 Å². The standard InChI is InChI=1S/C19H27NO4/c1-13-6-7-16-15(10-17(22)24-18(16)14(13)2)11-20(8-9-23-5)19(3,4)12-21/h6-7,10,21H,8-9,11-12H2,1-5H3. The summed E-state index contributed by atoms with van der Waals surface area (Å²) in [5.74, 6) is 0. The molecule has 0 aliphatic carbocycles. The van der Waals surface area contributed by atoms with Gasteiger partial charge in [-0.25, -0.2) is 4.79 Å². The van der Waals surface area contributed by atoms with E-state index in [-0.39, 0.29) is 12.2 Å². The van der Waals surface area contributed by atoms with Crippen molar-refractivity contribution in [1.82, 2.24) is 4.90 Å². The largest absolute Gasteiger partial charge is 0.422 e. The molecule has 132 valence electrons. The van der Waals surface area contributed by atoms with Crippen LogP contribution in [0.2, 0.25) is 0 Å². The highest BCUT2D eigenvalue weighted by atomic mass is 16.5. The van der Waals surface area contributed by atoms with E-state index in [2.05, 4.69) is 4.90 Å². The molecule has 1 heterocycles. The average Bonchev–Trinajstić information content (AvgIpc) is 2.54. The number of aliphatic hydroxyl groups is 1. The molecule has 0 aliphatic rings. The van der Waals surface area contributed by atoms with Gasteiger partial charge in [0.2, 0.25) is 0 Å². The second-order valence-electron chi connectivity index (χ2n) is 6.86. The summed E-state index contributed by atoms with van der Waals surface area (Å²) in [5, 5.41) is 10.7. The monoisotopic (exact) mass is 333 g/mol. The van der Waals surface area contributed by atoms with E-state index in [1.165, 1.54) is 0 Å². The van der Waals surface area contributed by atoms with Crippen LogP contribution in [0.15, 0.2) is 27.4 Å². The van der Waals surface area contributed by atoms with Crippen LogP contribution in [0.1, 0.15) is 30.5 Å². The minimum Gasteiger partial charge on any atom is -0.422 e. The molecular weight excluding hydrogens is 306 g/mol. The SMILES string of the molecule is COCCN(Cc1cc(=O)oc2c(C)c(C)ccc12)C(C)(C)CO. The van der Waals surface area contributed by atoms with E-state index in [4.69, 9.17) is 9.15 Å². The van der Waals surface area contributed by atoms with Crippen LogP contribution in [0.25, 0.3) is 11.0 Å². The quantitative estimate of drug-likeness (QED) is 0.789. The number of aliphatic hydroxyl groups excluding tert-OH is 1. The first-order valence-electron chi connectivity index (χ1n) is 8.18. The molecule has 0 saturated heterocycles. The molecule has 0 amide bonds. The maximum Gasteiger partial charge on any atom is 0.336 e. The Morgan fingerprint density at radius 1 is 1.29 bits per heavy atom. The Morgan fingerprint density at radius 2 is 2.00 bits per heavy atom. The third-order valence-corrected chi connectivity index (χ3v) is 4.69. The van der Waals surface area contributed by atoms with Crippen LogP contribution in [-0.2, 0) is 11.3 Å². The smallest absolute Gasteiger partial charge is 0.336 e. The lowest BCUT2D eigenvalue weighted by atomic mass is 10.00. The normalized spacial score (nSPS) is 12.3. The average molecular weight is 333 g/mol. The van der Waals surface area contributed by atoms with E-state index in [0.717, 1.165) is 22.1 Å². The number of aryl methyl sites for hydroxylation is 2. The molecule has 2 aromatic rings. The third kappa shape index (κ3) is 3.86. The van der Waals surface area contributed by atoms with Gasteiger partial charge >= 0.3 is 5.63 Å². The van der Waals surface area contributed by atoms with Crippen molar-refractivity contribution >= 4 is 11.0 Å². The minimum absolute atomic E-state index is 0.0220. The number of benzene rings is 1. The fourth-order valence-electron chi connectivity index (χ4n) is 2.76. The van der Waals surface area contributed by atoms with Crippen molar-refractivity contribution in [3.63, 3.8) is 0 Å². The molecule has 0 unspecified atom stereocenters. The van der Waals surface area contributed by atoms with E-state index in [9.17, 15) is 9.90 Å². The highest BCUT2D eigenvalue weighted by molar-refractivity contribution is 5.83. The zero-order valence-corrected chi connectivity index (χ0v) is 15.2. The first-order chi connectivity index (χ1) is 11.3. The van der Waals surface area contributed by atoms with Gasteiger partial charge in [0, 0.05) is 37.2 Å². The summed E-state index contributed by atoms with van der Waals surface area (Å²) in [6.45, 7) is 9.70. The van der Waals surface area contributed by atoms with E-state index in [1.807, 2.05) is 39.8 Å². The lowest BCUT2D eigenvalue weighted by Gasteiger charge is -2.37. The Balaban J connectivity index is 2.50. The second-order valence-corrected chi connectivity index (χ2v) is 6.86. The zero-order chi connectivity index (χ0) is 17.9. The predicted octanol–water partition coefficient (Wildman–Crippen LogP) is 2.63. The van der Waals surface area contributed by atoms with Crippen molar-refractivity contribution in [2.45, 2.75) is 39.8 Å². The molecule has 0 aliphatic heterocycles. The van der Waals surface area contributed by atoms with Crippen molar-refractivity contribution in [1.29, 1.82) is 0 Å². The molecular formula is C19H27NO4. The molecule has 5 nitrogen and oxygen atoms in total. The van der Waals surface area contributed by atoms with Gasteiger partial charge in [-0.1, -0.05) is 12.1 Å². The summed E-state index contributed by atoms with van der Waals surface area (Å²) in [4.78, 5) is 14.1. The maximum absolute atomic E-state index is 12.0. The Labute approximate surface area is 142 Å². The van der Waals surface area contributed by atoms with Gasteiger partial charge in [0.1, 0.15) is 5.58 Å². The summed E-state index contributed by atoms with van der Waals surface area (Å²) in [5.41, 5.74) is 2.86. The maximum atomic E-state index is 12.0. The molecule has 2 rings (SSSR count). The highest BCUT2D eigenvalue weighted by Crippen LogP contribution is 2.26. The molecule has 1 N–H and O–H groups in total. The topological polar surface area (TPSA) is 62.9 Å². The molecule has 0 radical (unpaired) electrons. The molecule has 0 bridgehead atoms. The van der Waals surface area contributed by atoms with Crippen molar-refractivity contribution in [2.75, 3.05) is 26.9 Å². The lowest BCUT2D eigenvalue weighted by Crippen LogP contribution is -2.47. The molecule has 5 heteroatoms. The van der Waals surface area contributed by atoms with Crippen LogP contribution in [0.3, 0.4) is 0 Å². The van der Waals surface area contributed by atoms with Crippen molar-refractivity contribution < 1.29 is 14.3 Å². The summed E-state index contributed by atoms with van der Waals surface area (Å²) >= 11 is 0. The lowest BCUT2D eigenvalue weighted by molar-refractivity contribution is 0.0301. The van der Waals surface area contributed by atoms with Crippen LogP contribution < -0.4 is 5.63 Å². The Hall–Kier alpha value is -1.69. The van der Waals surface area contributed by atoms with Gasteiger partial charge in [-0.3, -0.25) is 4.90 Å². The predicted molar refractivity (Wildman–Crippen MR) is 95.4 cm³/mol. The Morgan fingerprint density at radius 3 is 2.62 bits per heavy atom. The number of fused-ring (bicyclic) bond motifs is 1. The number of rotatable bonds is 7. The first kappa shape index (κ1) is 18.6. The van der Waals surface area contributed by atoms with Gasteiger partial charge in [-0.05, 0) is 44.4 Å². The van der Waals surface area contributed by atoms with Crippen LogP contribution in [0, 0.1) is 13.8 Å². The summed E-state index contributed by atoms with van der Waals surface area (Å²) in [6.07, 6.45) is 0. The summed E-state index contributed by atoms with van der Waals surface area (Å²) in [7, 11) is 1.66. The highest BCUT2D eigenvalue weighted by Gasteiger charge is 2.26. The fraction of sp³-hybridized carbons (Fsp3) is 0.526. The fourth-order valence-corrected chi connectivity index (χ4v) is 2.76. The van der Waals surface area contributed by atoms with Gasteiger partial charge in [-0.15, -0.1) is 0 Å². The zero-order valence-electron chi connectivity index (χ0n) is 15.2. The number of nitrogens with zero attached hydrogens (tertiary/aromatic N) is 1. The van der Waals surface area contributed by atoms with Crippen LogP contribution in [0.4, 0.5) is 0 Å². The first-order valence-corrected chi connectivity index (χ1v) is 8.18. The summed E-state index contributed by atoms with van der Waals surface area (Å²) in [6, 6.07) is 5.58. The number of methoxy groups -OCH3 is 1. The Kier molecular flexibility index (Phi) is 5.80. The number of hydrogen-bond donors (Lipinski definition) is 1. The summed E-state index contributed by atoms with van der Waals surface area (Å²) < 4.78 is 10.6. The number of hydrogen-bond acceptors (Lipinski definition) is 5. The van der Waals surface area contributed by atoms with Crippen LogP contribution in [0.5, 0.6) is 0 Å². The van der Waals surface area contributed by atoms with Crippen molar-refractivity contribution in [3.8, 4) is 0 Å². The molecule has 0 saturated carbocycles. The van der Waals surface area contributed by atoms with E-state index < -0.39 is 5.54 Å². The van der Waals surface area contributed by atoms with Gasteiger partial charge in [0.15, 0.2) is 0 Å². The minimum atomic E-state index is -0.416. The molecule has 0 fully saturated rings. The van der Waals surface area contributed by atoms with Gasteiger partial charge in [0.05, 0.1) is 13.2 Å². The van der Waals surface area contributed by atoms with Crippen molar-refractivity contribution in [3.05, 3.63) is 45.3 Å². The van der Waals surface area contributed by atoms with E-state index in [1.54, 1.807) is 13.2 Å². The van der Waals surface area contributed by atoms with Gasteiger partial charge in [-0.2, -0.15) is 0 Å². The number of ether oxygens (including phenoxy) is 1. The molecule has 0 atom stereocenters. The van der Waals surface area contributed by atoms with Gasteiger partial charge in [0.25, 0.3) is 0 Å². The second kappa shape index (κ2) is 7.47. The molecule has 0 spiro atoms. The molecule has 1 aromatic heterocycles. The van der Waals surface area contributed by atoms with Crippen LogP contribution >= 0.6 is 0 Å². The van der Waals surface area contributed by atoms with Crippen molar-refractivity contribution in [2.24, 2.45) is 0 Å². The molecule has 24 heavy (non-hydrogen) atoms. The van der Waals surface area contributed by atoms with Crippen LogP contribution in [-0.4, -0.2) is 42.4 Å². The third-order valence-electron chi connectivity index (χ3n) is 4.69.